The van der Waals surface area contributed by atoms with Gasteiger partial charge in [0, 0.05) is 12.1 Å². The zero-order chi connectivity index (χ0) is 22.7. The van der Waals surface area contributed by atoms with Crippen LogP contribution in [0.3, 0.4) is 0 Å². The van der Waals surface area contributed by atoms with E-state index in [4.69, 9.17) is 10.5 Å². The van der Waals surface area contributed by atoms with Crippen molar-refractivity contribution in [2.24, 2.45) is 5.73 Å². The van der Waals surface area contributed by atoms with E-state index in [0.29, 0.717) is 30.2 Å². The zero-order valence-electron chi connectivity index (χ0n) is 18.0. The van der Waals surface area contributed by atoms with Crippen LogP contribution in [0.2, 0.25) is 0 Å². The van der Waals surface area contributed by atoms with Crippen molar-refractivity contribution in [1.29, 1.82) is 0 Å². The Kier molecular flexibility index (Phi) is 5.89. The number of anilines is 1. The van der Waals surface area contributed by atoms with Crippen LogP contribution < -0.4 is 11.1 Å². The van der Waals surface area contributed by atoms with Crippen molar-refractivity contribution >= 4 is 28.9 Å². The maximum absolute atomic E-state index is 12.4. The normalized spacial score (nSPS) is 10.8. The Bertz CT molecular complexity index is 1290. The smallest absolute Gasteiger partial charge is 0.340 e. The number of nitrogens with two attached hydrogens (primary N) is 1. The highest BCUT2D eigenvalue weighted by Gasteiger charge is 2.19. The molecule has 0 aliphatic carbocycles. The topological polar surface area (TPSA) is 99.2 Å². The van der Waals surface area contributed by atoms with Crippen LogP contribution in [0.15, 0.2) is 66.7 Å². The summed E-state index contributed by atoms with van der Waals surface area (Å²) in [5.41, 5.74) is 10.6. The van der Waals surface area contributed by atoms with Crippen molar-refractivity contribution in [3.8, 4) is 11.1 Å². The van der Waals surface area contributed by atoms with Gasteiger partial charge in [-0.25, -0.2) is 9.78 Å². The lowest BCUT2D eigenvalue weighted by atomic mass is 9.98. The van der Waals surface area contributed by atoms with Crippen LogP contribution in [0.25, 0.3) is 22.2 Å². The molecule has 1 aromatic heterocycles. The first kappa shape index (κ1) is 21.1. The molecule has 0 saturated carbocycles. The summed E-state index contributed by atoms with van der Waals surface area (Å²) >= 11 is 0. The maximum Gasteiger partial charge on any atom is 0.340 e. The monoisotopic (exact) mass is 428 g/mol. The Balaban J connectivity index is 1.74. The second-order valence-corrected chi connectivity index (χ2v) is 7.32. The van der Waals surface area contributed by atoms with E-state index in [-0.39, 0.29) is 0 Å². The molecule has 0 atom stereocenters. The van der Waals surface area contributed by atoms with Crippen LogP contribution in [0, 0.1) is 0 Å². The molecule has 0 radical (unpaired) electrons. The molecule has 1 heterocycles. The third-order valence-corrected chi connectivity index (χ3v) is 5.31. The zero-order valence-corrected chi connectivity index (χ0v) is 18.0. The number of ether oxygens (including phenoxy) is 1. The molecular formula is C25H24N4O3. The van der Waals surface area contributed by atoms with Gasteiger partial charge in [-0.3, -0.25) is 4.79 Å². The van der Waals surface area contributed by atoms with Crippen molar-refractivity contribution in [1.82, 2.24) is 9.55 Å². The minimum atomic E-state index is -0.458. The Morgan fingerprint density at radius 1 is 1.00 bits per heavy atom. The molecule has 4 rings (SSSR count). The number of carbonyl (C=O) groups is 2. The highest BCUT2D eigenvalue weighted by molar-refractivity contribution is 6.03. The summed E-state index contributed by atoms with van der Waals surface area (Å²) in [5.74, 6) is -0.180. The fourth-order valence-electron chi connectivity index (χ4n) is 3.83. The number of fused-ring (bicyclic) bond motifs is 1. The Morgan fingerprint density at radius 2 is 1.72 bits per heavy atom. The van der Waals surface area contributed by atoms with Gasteiger partial charge in [-0.1, -0.05) is 48.5 Å². The molecule has 7 heteroatoms. The second-order valence-electron chi connectivity index (χ2n) is 7.32. The molecule has 7 nitrogen and oxygen atoms in total. The third-order valence-electron chi connectivity index (χ3n) is 5.31. The molecule has 162 valence electrons. The lowest BCUT2D eigenvalue weighted by Gasteiger charge is -2.13. The predicted molar refractivity (Wildman–Crippen MR) is 125 cm³/mol. The maximum atomic E-state index is 12.4. The van der Waals surface area contributed by atoms with Gasteiger partial charge >= 0.3 is 5.97 Å². The number of nitrogens with zero attached hydrogens (tertiary/aromatic N) is 2. The average molecular weight is 428 g/mol. The van der Waals surface area contributed by atoms with Gasteiger partial charge in [0.15, 0.2) is 0 Å². The summed E-state index contributed by atoms with van der Waals surface area (Å²) in [4.78, 5) is 28.8. The SMILES string of the molecule is CCNc1nc2cccc(C(=O)OC)c2n1Cc1ccc(-c2ccccc2C(N)=O)cc1. The predicted octanol–water partition coefficient (Wildman–Crippen LogP) is 4.07. The Hall–Kier alpha value is -4.13. The molecule has 4 aromatic rings. The number of hydrogen-bond acceptors (Lipinski definition) is 5. The van der Waals surface area contributed by atoms with Gasteiger partial charge in [0.1, 0.15) is 0 Å². The van der Waals surface area contributed by atoms with Crippen LogP contribution in [-0.4, -0.2) is 35.1 Å². The molecule has 3 N–H and O–H groups in total. The number of rotatable bonds is 7. The first-order valence-corrected chi connectivity index (χ1v) is 10.3. The fourth-order valence-corrected chi connectivity index (χ4v) is 3.83. The number of primary amides is 1. The number of hydrogen-bond donors (Lipinski definition) is 2. The van der Waals surface area contributed by atoms with E-state index in [2.05, 4.69) is 10.3 Å². The van der Waals surface area contributed by atoms with Crippen molar-refractivity contribution in [2.75, 3.05) is 19.0 Å². The number of carbonyl (C=O) groups excluding carboxylic acids is 2. The standard InChI is InChI=1S/C25H24N4O3/c1-3-27-25-28-21-10-6-9-20(24(31)32-2)22(21)29(25)15-16-11-13-17(14-12-16)18-7-4-5-8-19(18)23(26)30/h4-14H,3,15H2,1-2H3,(H2,26,30)(H,27,28). The molecule has 0 aliphatic rings. The number of esters is 1. The Morgan fingerprint density at radius 3 is 2.41 bits per heavy atom. The molecule has 0 aliphatic heterocycles. The van der Waals surface area contributed by atoms with E-state index >= 15 is 0 Å². The molecule has 0 fully saturated rings. The van der Waals surface area contributed by atoms with Gasteiger partial charge in [-0.05, 0) is 41.8 Å². The highest BCUT2D eigenvalue weighted by Crippen LogP contribution is 2.27. The lowest BCUT2D eigenvalue weighted by Crippen LogP contribution is -2.12. The molecule has 32 heavy (non-hydrogen) atoms. The van der Waals surface area contributed by atoms with E-state index in [0.717, 1.165) is 27.7 Å². The van der Waals surface area contributed by atoms with Crippen molar-refractivity contribution in [3.05, 3.63) is 83.4 Å². The highest BCUT2D eigenvalue weighted by atomic mass is 16.5. The van der Waals surface area contributed by atoms with Gasteiger partial charge in [0.2, 0.25) is 11.9 Å². The number of benzene rings is 3. The molecule has 0 bridgehead atoms. The quantitative estimate of drug-likeness (QED) is 0.432. The third kappa shape index (κ3) is 3.92. The minimum Gasteiger partial charge on any atom is -0.465 e. The number of nitrogens with one attached hydrogen (secondary N) is 1. The molecule has 0 saturated heterocycles. The van der Waals surface area contributed by atoms with Crippen molar-refractivity contribution in [2.45, 2.75) is 13.5 Å². The van der Waals surface area contributed by atoms with E-state index in [1.165, 1.54) is 7.11 Å². The second kappa shape index (κ2) is 8.93. The summed E-state index contributed by atoms with van der Waals surface area (Å²) in [6.45, 7) is 3.19. The Labute approximate surface area is 185 Å². The van der Waals surface area contributed by atoms with Crippen molar-refractivity contribution < 1.29 is 14.3 Å². The first-order chi connectivity index (χ1) is 15.5. The number of para-hydroxylation sites is 1. The summed E-state index contributed by atoms with van der Waals surface area (Å²) < 4.78 is 6.96. The van der Waals surface area contributed by atoms with Crippen molar-refractivity contribution in [3.63, 3.8) is 0 Å². The molecule has 0 unspecified atom stereocenters. The molecular weight excluding hydrogens is 404 g/mol. The van der Waals surface area contributed by atoms with Gasteiger partial charge in [0.05, 0.1) is 30.3 Å². The first-order valence-electron chi connectivity index (χ1n) is 10.3. The van der Waals surface area contributed by atoms with E-state index in [9.17, 15) is 9.59 Å². The van der Waals surface area contributed by atoms with E-state index in [1.54, 1.807) is 24.3 Å². The van der Waals surface area contributed by atoms with E-state index < -0.39 is 11.9 Å². The van der Waals surface area contributed by atoms with Crippen LogP contribution in [0.5, 0.6) is 0 Å². The number of imidazole rings is 1. The number of amides is 1. The van der Waals surface area contributed by atoms with Crippen LogP contribution in [0.4, 0.5) is 5.95 Å². The van der Waals surface area contributed by atoms with Crippen LogP contribution in [0.1, 0.15) is 33.2 Å². The number of aromatic nitrogens is 2. The van der Waals surface area contributed by atoms with Gasteiger partial charge < -0.3 is 20.4 Å². The molecule has 1 amide bonds. The summed E-state index contributed by atoms with van der Waals surface area (Å²) in [6.07, 6.45) is 0. The van der Waals surface area contributed by atoms with Gasteiger partial charge in [-0.15, -0.1) is 0 Å². The largest absolute Gasteiger partial charge is 0.465 e. The van der Waals surface area contributed by atoms with Gasteiger partial charge in [0.25, 0.3) is 0 Å². The fraction of sp³-hybridized carbons (Fsp3) is 0.160. The van der Waals surface area contributed by atoms with Crippen LogP contribution >= 0.6 is 0 Å². The van der Waals surface area contributed by atoms with E-state index in [1.807, 2.05) is 54.0 Å². The molecule has 3 aromatic carbocycles. The van der Waals surface area contributed by atoms with Gasteiger partial charge in [-0.2, -0.15) is 0 Å². The molecule has 0 spiro atoms. The average Bonchev–Trinajstić information content (AvgIpc) is 3.16. The summed E-state index contributed by atoms with van der Waals surface area (Å²) in [5, 5.41) is 3.28. The number of methoxy groups -OCH3 is 1. The minimum absolute atomic E-state index is 0.404. The lowest BCUT2D eigenvalue weighted by molar-refractivity contribution is 0.0602. The summed E-state index contributed by atoms with van der Waals surface area (Å²) in [6, 6.07) is 20.6. The van der Waals surface area contributed by atoms with Crippen LogP contribution in [-0.2, 0) is 11.3 Å². The summed E-state index contributed by atoms with van der Waals surface area (Å²) in [7, 11) is 1.37.